The molecule has 0 radical (unpaired) electrons. The number of anilines is 3. The lowest BCUT2D eigenvalue weighted by Crippen LogP contribution is -2.39. The lowest BCUT2D eigenvalue weighted by molar-refractivity contribution is 0.0398. The van der Waals surface area contributed by atoms with E-state index in [0.29, 0.717) is 5.95 Å². The van der Waals surface area contributed by atoms with Gasteiger partial charge in [0.15, 0.2) is 0 Å². The van der Waals surface area contributed by atoms with Crippen molar-refractivity contribution < 1.29 is 4.74 Å². The summed E-state index contributed by atoms with van der Waals surface area (Å²) in [6.45, 7) is 9.37. The second-order valence-electron chi connectivity index (χ2n) is 6.14. The zero-order valence-electron chi connectivity index (χ0n) is 14.7. The number of rotatable bonds is 6. The van der Waals surface area contributed by atoms with Gasteiger partial charge in [-0.25, -0.2) is 4.98 Å². The van der Waals surface area contributed by atoms with Crippen LogP contribution in [0.3, 0.4) is 0 Å². The molecule has 134 valence electrons. The lowest BCUT2D eigenvalue weighted by atomic mass is 10.2. The smallest absolute Gasteiger partial charge is 0.229 e. The summed E-state index contributed by atoms with van der Waals surface area (Å²) in [6, 6.07) is 7.71. The number of hydrogen-bond acceptors (Lipinski definition) is 6. The number of aromatic nitrogens is 2. The Morgan fingerprint density at radius 1 is 1.20 bits per heavy atom. The number of ether oxygens (including phenoxy) is 1. The van der Waals surface area contributed by atoms with Gasteiger partial charge in [0.25, 0.3) is 0 Å². The van der Waals surface area contributed by atoms with Crippen molar-refractivity contribution in [2.24, 2.45) is 0 Å². The molecule has 2 heterocycles. The molecule has 0 bridgehead atoms. The average Bonchev–Trinajstić information content (AvgIpc) is 2.59. The third-order valence-corrected chi connectivity index (χ3v) is 4.62. The van der Waals surface area contributed by atoms with E-state index in [2.05, 4.69) is 25.5 Å². The van der Waals surface area contributed by atoms with E-state index in [-0.39, 0.29) is 0 Å². The van der Waals surface area contributed by atoms with Gasteiger partial charge in [0, 0.05) is 48.6 Å². The molecule has 0 amide bonds. The molecule has 0 atom stereocenters. The first-order valence-electron chi connectivity index (χ1n) is 8.53. The molecule has 1 fully saturated rings. The van der Waals surface area contributed by atoms with Gasteiger partial charge in [-0.1, -0.05) is 17.7 Å². The summed E-state index contributed by atoms with van der Waals surface area (Å²) in [7, 11) is 0. The predicted molar refractivity (Wildman–Crippen MR) is 102 cm³/mol. The number of aryl methyl sites for hydroxylation is 1. The van der Waals surface area contributed by atoms with Crippen molar-refractivity contribution in [2.45, 2.75) is 13.8 Å². The van der Waals surface area contributed by atoms with Crippen LogP contribution < -0.4 is 10.6 Å². The zero-order chi connectivity index (χ0) is 17.6. The topological polar surface area (TPSA) is 62.3 Å². The maximum absolute atomic E-state index is 6.18. The SMILES string of the molecule is Cc1cc(NCCN2CCOCC2)nc(Nc2cccc(Cl)c2C)n1. The molecule has 1 aliphatic rings. The second kappa shape index (κ2) is 8.47. The normalized spacial score (nSPS) is 15.2. The highest BCUT2D eigenvalue weighted by Gasteiger charge is 2.10. The Hall–Kier alpha value is -1.89. The van der Waals surface area contributed by atoms with E-state index in [9.17, 15) is 0 Å². The third-order valence-electron chi connectivity index (χ3n) is 4.21. The van der Waals surface area contributed by atoms with Crippen molar-refractivity contribution in [3.63, 3.8) is 0 Å². The van der Waals surface area contributed by atoms with Gasteiger partial charge in [0.05, 0.1) is 13.2 Å². The molecule has 0 saturated carbocycles. The fourth-order valence-corrected chi connectivity index (χ4v) is 2.92. The molecule has 0 unspecified atom stereocenters. The quantitative estimate of drug-likeness (QED) is 0.823. The first kappa shape index (κ1) is 17.9. The van der Waals surface area contributed by atoms with E-state index in [1.807, 2.05) is 38.1 Å². The van der Waals surface area contributed by atoms with Gasteiger partial charge in [-0.3, -0.25) is 4.90 Å². The monoisotopic (exact) mass is 361 g/mol. The van der Waals surface area contributed by atoms with Crippen molar-refractivity contribution >= 4 is 29.1 Å². The van der Waals surface area contributed by atoms with Gasteiger partial charge in [-0.15, -0.1) is 0 Å². The van der Waals surface area contributed by atoms with Crippen molar-refractivity contribution in [2.75, 3.05) is 50.0 Å². The summed E-state index contributed by atoms with van der Waals surface area (Å²) < 4.78 is 5.37. The zero-order valence-corrected chi connectivity index (χ0v) is 15.4. The van der Waals surface area contributed by atoms with Gasteiger partial charge in [0.2, 0.25) is 5.95 Å². The molecule has 2 N–H and O–H groups in total. The second-order valence-corrected chi connectivity index (χ2v) is 6.54. The maximum Gasteiger partial charge on any atom is 0.229 e. The van der Waals surface area contributed by atoms with Crippen molar-refractivity contribution in [3.05, 3.63) is 40.5 Å². The van der Waals surface area contributed by atoms with Crippen LogP contribution in [0.4, 0.5) is 17.5 Å². The molecule has 6 nitrogen and oxygen atoms in total. The minimum atomic E-state index is 0.569. The Morgan fingerprint density at radius 3 is 2.80 bits per heavy atom. The summed E-state index contributed by atoms with van der Waals surface area (Å²) >= 11 is 6.18. The number of benzene rings is 1. The van der Waals surface area contributed by atoms with Crippen molar-refractivity contribution in [3.8, 4) is 0 Å². The predicted octanol–water partition coefficient (Wildman–Crippen LogP) is 3.23. The van der Waals surface area contributed by atoms with E-state index >= 15 is 0 Å². The Kier molecular flexibility index (Phi) is 6.07. The minimum Gasteiger partial charge on any atom is -0.379 e. The van der Waals surface area contributed by atoms with Crippen LogP contribution >= 0.6 is 11.6 Å². The van der Waals surface area contributed by atoms with Gasteiger partial charge >= 0.3 is 0 Å². The molecule has 1 aromatic carbocycles. The minimum absolute atomic E-state index is 0.569. The van der Waals surface area contributed by atoms with Crippen LogP contribution in [-0.2, 0) is 4.74 Å². The molecule has 1 aliphatic heterocycles. The van der Waals surface area contributed by atoms with Crippen molar-refractivity contribution in [1.82, 2.24) is 14.9 Å². The lowest BCUT2D eigenvalue weighted by Gasteiger charge is -2.26. The first-order chi connectivity index (χ1) is 12.1. The summed E-state index contributed by atoms with van der Waals surface area (Å²) in [6.07, 6.45) is 0. The van der Waals surface area contributed by atoms with Gasteiger partial charge < -0.3 is 15.4 Å². The average molecular weight is 362 g/mol. The highest BCUT2D eigenvalue weighted by Crippen LogP contribution is 2.25. The number of halogens is 1. The molecule has 0 spiro atoms. The first-order valence-corrected chi connectivity index (χ1v) is 8.91. The summed E-state index contributed by atoms with van der Waals surface area (Å²) in [4.78, 5) is 11.4. The Morgan fingerprint density at radius 2 is 2.00 bits per heavy atom. The molecule has 7 heteroatoms. The molecule has 2 aromatic rings. The van der Waals surface area contributed by atoms with Gasteiger partial charge in [0.1, 0.15) is 5.82 Å². The van der Waals surface area contributed by atoms with Crippen LogP contribution in [0.25, 0.3) is 0 Å². The summed E-state index contributed by atoms with van der Waals surface area (Å²) in [5.74, 6) is 1.39. The van der Waals surface area contributed by atoms with Crippen LogP contribution in [-0.4, -0.2) is 54.3 Å². The number of nitrogens with zero attached hydrogens (tertiary/aromatic N) is 3. The molecule has 1 aromatic heterocycles. The van der Waals surface area contributed by atoms with E-state index in [0.717, 1.165) is 67.2 Å². The third kappa shape index (κ3) is 5.04. The molecule has 1 saturated heterocycles. The van der Waals surface area contributed by atoms with E-state index in [1.54, 1.807) is 0 Å². The molecular weight excluding hydrogens is 338 g/mol. The number of morpholine rings is 1. The molecular formula is C18H24ClN5O. The van der Waals surface area contributed by atoms with E-state index in [4.69, 9.17) is 16.3 Å². The van der Waals surface area contributed by atoms with E-state index in [1.165, 1.54) is 0 Å². The fraction of sp³-hybridized carbons (Fsp3) is 0.444. The maximum atomic E-state index is 6.18. The highest BCUT2D eigenvalue weighted by atomic mass is 35.5. The molecule has 3 rings (SSSR count). The number of hydrogen-bond donors (Lipinski definition) is 2. The summed E-state index contributed by atoms with van der Waals surface area (Å²) in [5, 5.41) is 7.37. The molecule has 25 heavy (non-hydrogen) atoms. The summed E-state index contributed by atoms with van der Waals surface area (Å²) in [5.41, 5.74) is 2.81. The van der Waals surface area contributed by atoms with Crippen LogP contribution in [0, 0.1) is 13.8 Å². The fourth-order valence-electron chi connectivity index (χ4n) is 2.75. The van der Waals surface area contributed by atoms with Crippen LogP contribution in [0.5, 0.6) is 0 Å². The van der Waals surface area contributed by atoms with E-state index < -0.39 is 0 Å². The molecule has 0 aliphatic carbocycles. The van der Waals surface area contributed by atoms with Crippen molar-refractivity contribution in [1.29, 1.82) is 0 Å². The Bertz CT molecular complexity index is 719. The highest BCUT2D eigenvalue weighted by molar-refractivity contribution is 6.31. The van der Waals surface area contributed by atoms with Crippen LogP contribution in [0.2, 0.25) is 5.02 Å². The van der Waals surface area contributed by atoms with Crippen LogP contribution in [0.15, 0.2) is 24.3 Å². The standard InChI is InChI=1S/C18H24ClN5O/c1-13-12-17(20-6-7-24-8-10-25-11-9-24)23-18(21-13)22-16-5-3-4-15(19)14(16)2/h3-5,12H,6-11H2,1-2H3,(H2,20,21,22,23). The van der Waals surface area contributed by atoms with Crippen LogP contribution in [0.1, 0.15) is 11.3 Å². The van der Waals surface area contributed by atoms with Gasteiger partial charge in [-0.05, 0) is 31.5 Å². The van der Waals surface area contributed by atoms with Gasteiger partial charge in [-0.2, -0.15) is 4.98 Å². The Balaban J connectivity index is 1.62. The largest absolute Gasteiger partial charge is 0.379 e. The Labute approximate surface area is 153 Å². The number of nitrogens with one attached hydrogen (secondary N) is 2.